The zero-order valence-corrected chi connectivity index (χ0v) is 18.1. The lowest BCUT2D eigenvalue weighted by Crippen LogP contribution is -2.07. The van der Waals surface area contributed by atoms with Gasteiger partial charge in [0.15, 0.2) is 0 Å². The number of H-pyrrole nitrogens is 1. The fourth-order valence-electron chi connectivity index (χ4n) is 3.58. The summed E-state index contributed by atoms with van der Waals surface area (Å²) in [5.74, 6) is -0.185. The highest BCUT2D eigenvalue weighted by Crippen LogP contribution is 2.33. The number of amides is 1. The molecule has 4 nitrogen and oxygen atoms in total. The number of rotatable bonds is 5. The van der Waals surface area contributed by atoms with E-state index in [-0.39, 0.29) is 17.6 Å². The van der Waals surface area contributed by atoms with Crippen molar-refractivity contribution in [2.75, 3.05) is 5.32 Å². The van der Waals surface area contributed by atoms with Crippen molar-refractivity contribution in [2.24, 2.45) is 0 Å². The first-order valence-corrected chi connectivity index (χ1v) is 9.93. The molecule has 1 amide bonds. The zero-order valence-electron chi connectivity index (χ0n) is 17.3. The minimum Gasteiger partial charge on any atom is -0.355 e. The molecule has 0 fully saturated rings. The predicted octanol–water partition coefficient (Wildman–Crippen LogP) is 5.93. The van der Waals surface area contributed by atoms with Gasteiger partial charge in [-0.3, -0.25) is 9.59 Å². The van der Waals surface area contributed by atoms with E-state index in [1.54, 1.807) is 6.07 Å². The molecule has 0 radical (unpaired) electrons. The Bertz CT molecular complexity index is 1100. The van der Waals surface area contributed by atoms with E-state index in [1.165, 1.54) is 6.92 Å². The van der Waals surface area contributed by atoms with E-state index in [2.05, 4.69) is 10.3 Å². The highest BCUT2D eigenvalue weighted by molar-refractivity contribution is 6.31. The van der Waals surface area contributed by atoms with Crippen LogP contribution in [0.15, 0.2) is 42.5 Å². The number of hydrogen-bond acceptors (Lipinski definition) is 2. The normalized spacial score (nSPS) is 11.9. The summed E-state index contributed by atoms with van der Waals surface area (Å²) in [7, 11) is 0. The molecular formula is C24H25ClN2O2. The molecule has 1 atom stereocenters. The molecule has 150 valence electrons. The fourth-order valence-corrected chi connectivity index (χ4v) is 3.93. The Balaban J connectivity index is 1.91. The van der Waals surface area contributed by atoms with Gasteiger partial charge in [-0.05, 0) is 55.7 Å². The lowest BCUT2D eigenvalue weighted by Gasteiger charge is -2.14. The molecule has 0 saturated heterocycles. The highest BCUT2D eigenvalue weighted by Gasteiger charge is 2.21. The van der Waals surface area contributed by atoms with E-state index in [0.29, 0.717) is 22.0 Å². The Kier molecular flexibility index (Phi) is 5.94. The molecule has 0 aliphatic rings. The van der Waals surface area contributed by atoms with Crippen LogP contribution < -0.4 is 5.32 Å². The Morgan fingerprint density at radius 1 is 1.00 bits per heavy atom. The number of carbonyl (C=O) groups is 2. The smallest absolute Gasteiger partial charge is 0.221 e. The SMILES string of the molecule is CC(=O)Nc1ccc(C(C)c2cc(C)c(C(=O)c3ccc(C)cc3C)[nH]2)c(Cl)c1. The number of aromatic nitrogens is 1. The summed E-state index contributed by atoms with van der Waals surface area (Å²) in [6.07, 6.45) is 0. The summed E-state index contributed by atoms with van der Waals surface area (Å²) >= 11 is 6.47. The Morgan fingerprint density at radius 2 is 1.72 bits per heavy atom. The van der Waals surface area contributed by atoms with Crippen LogP contribution in [0.3, 0.4) is 0 Å². The van der Waals surface area contributed by atoms with E-state index in [1.807, 2.05) is 64.1 Å². The number of aryl methyl sites for hydroxylation is 3. The molecule has 2 N–H and O–H groups in total. The minimum absolute atomic E-state index is 0.00875. The van der Waals surface area contributed by atoms with Crippen LogP contribution in [0.4, 0.5) is 5.69 Å². The molecule has 1 heterocycles. The molecule has 0 saturated carbocycles. The average Bonchev–Trinajstić information content (AvgIpc) is 3.02. The van der Waals surface area contributed by atoms with Crippen molar-refractivity contribution in [3.63, 3.8) is 0 Å². The first-order valence-electron chi connectivity index (χ1n) is 9.56. The van der Waals surface area contributed by atoms with Gasteiger partial charge in [0.1, 0.15) is 0 Å². The number of anilines is 1. The fraction of sp³-hybridized carbons (Fsp3) is 0.250. The molecule has 2 aromatic carbocycles. The Hall–Kier alpha value is -2.85. The molecule has 0 aliphatic carbocycles. The summed E-state index contributed by atoms with van der Waals surface area (Å²) < 4.78 is 0. The summed E-state index contributed by atoms with van der Waals surface area (Å²) in [5.41, 5.74) is 6.82. The van der Waals surface area contributed by atoms with E-state index in [0.717, 1.165) is 27.9 Å². The van der Waals surface area contributed by atoms with E-state index < -0.39 is 0 Å². The zero-order chi connectivity index (χ0) is 21.3. The van der Waals surface area contributed by atoms with Crippen LogP contribution >= 0.6 is 11.6 Å². The van der Waals surface area contributed by atoms with Crippen molar-refractivity contribution in [2.45, 2.75) is 40.5 Å². The van der Waals surface area contributed by atoms with Crippen molar-refractivity contribution in [3.8, 4) is 0 Å². The van der Waals surface area contributed by atoms with E-state index in [4.69, 9.17) is 11.6 Å². The Labute approximate surface area is 176 Å². The second-order valence-electron chi connectivity index (χ2n) is 7.57. The van der Waals surface area contributed by atoms with Crippen LogP contribution in [0.1, 0.15) is 63.8 Å². The topological polar surface area (TPSA) is 62.0 Å². The van der Waals surface area contributed by atoms with Gasteiger partial charge in [0, 0.05) is 34.8 Å². The average molecular weight is 409 g/mol. The van der Waals surface area contributed by atoms with Crippen molar-refractivity contribution >= 4 is 29.0 Å². The standard InChI is InChI=1S/C24H25ClN2O2/c1-13-6-8-19(14(2)10-13)24(29)23-15(3)11-22(27-23)16(4)20-9-7-18(12-21(20)25)26-17(5)28/h6-12,16,27H,1-5H3,(H,26,28). The number of nitrogens with one attached hydrogen (secondary N) is 2. The molecule has 1 unspecified atom stereocenters. The van der Waals surface area contributed by atoms with Crippen LogP contribution in [0, 0.1) is 20.8 Å². The van der Waals surface area contributed by atoms with Crippen molar-refractivity contribution in [3.05, 3.63) is 86.7 Å². The van der Waals surface area contributed by atoms with Gasteiger partial charge < -0.3 is 10.3 Å². The molecule has 0 spiro atoms. The van der Waals surface area contributed by atoms with Gasteiger partial charge in [-0.2, -0.15) is 0 Å². The molecular weight excluding hydrogens is 384 g/mol. The summed E-state index contributed by atoms with van der Waals surface area (Å²) in [5, 5.41) is 3.30. The van der Waals surface area contributed by atoms with Crippen molar-refractivity contribution < 1.29 is 9.59 Å². The van der Waals surface area contributed by atoms with Crippen LogP contribution in [0.5, 0.6) is 0 Å². The number of carbonyl (C=O) groups excluding carboxylic acids is 2. The van der Waals surface area contributed by atoms with Crippen LogP contribution in [0.2, 0.25) is 5.02 Å². The van der Waals surface area contributed by atoms with Gasteiger partial charge in [0.25, 0.3) is 0 Å². The quantitative estimate of drug-likeness (QED) is 0.513. The molecule has 5 heteroatoms. The van der Waals surface area contributed by atoms with Gasteiger partial charge in [-0.1, -0.05) is 48.4 Å². The first kappa shape index (κ1) is 20.9. The van der Waals surface area contributed by atoms with E-state index in [9.17, 15) is 9.59 Å². The Morgan fingerprint density at radius 3 is 2.34 bits per heavy atom. The second kappa shape index (κ2) is 8.26. The molecule has 0 bridgehead atoms. The van der Waals surface area contributed by atoms with Gasteiger partial charge in [-0.25, -0.2) is 0 Å². The van der Waals surface area contributed by atoms with Crippen LogP contribution in [-0.4, -0.2) is 16.7 Å². The largest absolute Gasteiger partial charge is 0.355 e. The van der Waals surface area contributed by atoms with Gasteiger partial charge in [0.2, 0.25) is 11.7 Å². The number of benzene rings is 2. The molecule has 29 heavy (non-hydrogen) atoms. The third-order valence-electron chi connectivity index (χ3n) is 5.14. The summed E-state index contributed by atoms with van der Waals surface area (Å²) in [6.45, 7) is 9.40. The molecule has 3 aromatic rings. The third kappa shape index (κ3) is 4.43. The van der Waals surface area contributed by atoms with Gasteiger partial charge in [-0.15, -0.1) is 0 Å². The minimum atomic E-state index is -0.142. The van der Waals surface area contributed by atoms with Gasteiger partial charge >= 0.3 is 0 Å². The monoisotopic (exact) mass is 408 g/mol. The molecule has 0 aliphatic heterocycles. The van der Waals surface area contributed by atoms with Crippen LogP contribution in [-0.2, 0) is 4.79 Å². The van der Waals surface area contributed by atoms with Crippen LogP contribution in [0.25, 0.3) is 0 Å². The van der Waals surface area contributed by atoms with Gasteiger partial charge in [0.05, 0.1) is 5.69 Å². The second-order valence-corrected chi connectivity index (χ2v) is 7.98. The lowest BCUT2D eigenvalue weighted by molar-refractivity contribution is -0.114. The summed E-state index contributed by atoms with van der Waals surface area (Å²) in [6, 6.07) is 13.3. The third-order valence-corrected chi connectivity index (χ3v) is 5.47. The maximum atomic E-state index is 13.1. The maximum Gasteiger partial charge on any atom is 0.221 e. The maximum absolute atomic E-state index is 13.1. The van der Waals surface area contributed by atoms with E-state index >= 15 is 0 Å². The lowest BCUT2D eigenvalue weighted by atomic mass is 9.97. The highest BCUT2D eigenvalue weighted by atomic mass is 35.5. The van der Waals surface area contributed by atoms with Crippen molar-refractivity contribution in [1.29, 1.82) is 0 Å². The first-order chi connectivity index (χ1) is 13.7. The summed E-state index contributed by atoms with van der Waals surface area (Å²) in [4.78, 5) is 27.6. The molecule has 1 aromatic heterocycles. The predicted molar refractivity (Wildman–Crippen MR) is 118 cm³/mol. The number of halogens is 1. The molecule has 3 rings (SSSR count). The number of hydrogen-bond donors (Lipinski definition) is 2. The number of ketones is 1. The number of aromatic amines is 1. The van der Waals surface area contributed by atoms with Crippen molar-refractivity contribution in [1.82, 2.24) is 4.98 Å².